The highest BCUT2D eigenvalue weighted by Gasteiger charge is 2.32. The zero-order valence-electron chi connectivity index (χ0n) is 10.0. The summed E-state index contributed by atoms with van der Waals surface area (Å²) < 4.78 is 9.68. The second-order valence-corrected chi connectivity index (χ2v) is 3.71. The van der Waals surface area contributed by atoms with Crippen LogP contribution in [-0.2, 0) is 14.3 Å². The van der Waals surface area contributed by atoms with Crippen molar-refractivity contribution in [3.8, 4) is 0 Å². The summed E-state index contributed by atoms with van der Waals surface area (Å²) in [5.41, 5.74) is 0.610. The highest BCUT2D eigenvalue weighted by molar-refractivity contribution is 5.96. The van der Waals surface area contributed by atoms with E-state index in [1.165, 1.54) is 17.1 Å². The third kappa shape index (κ3) is 2.43. The number of anilines is 1. The van der Waals surface area contributed by atoms with Gasteiger partial charge in [-0.25, -0.2) is 14.8 Å². The molecular weight excluding hydrogens is 236 g/mol. The number of nitrogens with zero attached hydrogens (tertiary/aromatic N) is 2. The van der Waals surface area contributed by atoms with E-state index in [0.717, 1.165) is 0 Å². The Balaban J connectivity index is 2.28. The van der Waals surface area contributed by atoms with Crippen molar-refractivity contribution in [1.82, 2.24) is 5.01 Å². The SMILES string of the molecule is COCC(=O)N(c1ccccc1)N1CCOC1=O. The van der Waals surface area contributed by atoms with Crippen molar-refractivity contribution in [2.75, 3.05) is 31.9 Å². The van der Waals surface area contributed by atoms with Crippen molar-refractivity contribution in [2.45, 2.75) is 0 Å². The maximum atomic E-state index is 12.0. The zero-order chi connectivity index (χ0) is 13.0. The Bertz CT molecular complexity index is 435. The van der Waals surface area contributed by atoms with Crippen LogP contribution in [0.15, 0.2) is 30.3 Å². The summed E-state index contributed by atoms with van der Waals surface area (Å²) in [6, 6.07) is 8.93. The molecule has 1 fully saturated rings. The van der Waals surface area contributed by atoms with E-state index in [2.05, 4.69) is 0 Å². The molecule has 0 spiro atoms. The molecule has 0 aliphatic carbocycles. The van der Waals surface area contributed by atoms with E-state index in [1.807, 2.05) is 6.07 Å². The Morgan fingerprint density at radius 1 is 1.44 bits per heavy atom. The van der Waals surface area contributed by atoms with Crippen LogP contribution in [0.3, 0.4) is 0 Å². The molecule has 6 heteroatoms. The van der Waals surface area contributed by atoms with Gasteiger partial charge in [0.15, 0.2) is 0 Å². The number of ether oxygens (including phenoxy) is 2. The number of hydrogen-bond donors (Lipinski definition) is 0. The van der Waals surface area contributed by atoms with Gasteiger partial charge in [-0.15, -0.1) is 0 Å². The third-order valence-corrected chi connectivity index (χ3v) is 2.49. The lowest BCUT2D eigenvalue weighted by atomic mass is 10.3. The van der Waals surface area contributed by atoms with Gasteiger partial charge in [-0.2, -0.15) is 0 Å². The fourth-order valence-corrected chi connectivity index (χ4v) is 1.74. The highest BCUT2D eigenvalue weighted by atomic mass is 16.6. The highest BCUT2D eigenvalue weighted by Crippen LogP contribution is 2.19. The zero-order valence-corrected chi connectivity index (χ0v) is 10.0. The maximum Gasteiger partial charge on any atom is 0.429 e. The van der Waals surface area contributed by atoms with Crippen LogP contribution >= 0.6 is 0 Å². The van der Waals surface area contributed by atoms with Gasteiger partial charge in [0, 0.05) is 7.11 Å². The second-order valence-electron chi connectivity index (χ2n) is 3.71. The number of rotatable bonds is 4. The number of hydrazine groups is 1. The Kier molecular flexibility index (Phi) is 3.78. The molecule has 2 amide bonds. The van der Waals surface area contributed by atoms with Crippen molar-refractivity contribution < 1.29 is 19.1 Å². The monoisotopic (exact) mass is 250 g/mol. The predicted octanol–water partition coefficient (Wildman–Crippen LogP) is 1.03. The second kappa shape index (κ2) is 5.50. The summed E-state index contributed by atoms with van der Waals surface area (Å²) in [6.07, 6.45) is -0.525. The van der Waals surface area contributed by atoms with Crippen LogP contribution in [0.4, 0.5) is 10.5 Å². The number of amides is 2. The summed E-state index contributed by atoms with van der Waals surface area (Å²) >= 11 is 0. The average molecular weight is 250 g/mol. The normalized spacial score (nSPS) is 14.5. The largest absolute Gasteiger partial charge is 0.446 e. The van der Waals surface area contributed by atoms with Gasteiger partial charge in [0.05, 0.1) is 12.2 Å². The van der Waals surface area contributed by atoms with Crippen LogP contribution in [0.5, 0.6) is 0 Å². The molecule has 0 saturated carbocycles. The molecule has 1 aliphatic heterocycles. The van der Waals surface area contributed by atoms with Crippen molar-refractivity contribution in [3.05, 3.63) is 30.3 Å². The van der Waals surface area contributed by atoms with E-state index in [1.54, 1.807) is 24.3 Å². The van der Waals surface area contributed by atoms with Gasteiger partial charge in [0.25, 0.3) is 5.91 Å². The molecule has 1 aromatic carbocycles. The molecule has 0 radical (unpaired) electrons. The Morgan fingerprint density at radius 3 is 2.72 bits per heavy atom. The average Bonchev–Trinajstić information content (AvgIpc) is 2.78. The van der Waals surface area contributed by atoms with Gasteiger partial charge in [0.1, 0.15) is 13.2 Å². The van der Waals surface area contributed by atoms with E-state index in [-0.39, 0.29) is 19.1 Å². The minimum absolute atomic E-state index is 0.0985. The van der Waals surface area contributed by atoms with Crippen LogP contribution in [-0.4, -0.2) is 43.9 Å². The van der Waals surface area contributed by atoms with Crippen molar-refractivity contribution in [2.24, 2.45) is 0 Å². The Hall–Kier alpha value is -2.08. The van der Waals surface area contributed by atoms with E-state index < -0.39 is 6.09 Å². The summed E-state index contributed by atoms with van der Waals surface area (Å²) in [4.78, 5) is 23.6. The molecule has 18 heavy (non-hydrogen) atoms. The number of benzene rings is 1. The van der Waals surface area contributed by atoms with Crippen LogP contribution in [0, 0.1) is 0 Å². The van der Waals surface area contributed by atoms with Gasteiger partial charge in [-0.1, -0.05) is 18.2 Å². The smallest absolute Gasteiger partial charge is 0.429 e. The number of para-hydroxylation sites is 1. The maximum absolute atomic E-state index is 12.0. The van der Waals surface area contributed by atoms with Gasteiger partial charge in [0.2, 0.25) is 0 Å². The molecule has 0 bridgehead atoms. The molecule has 0 N–H and O–H groups in total. The number of carbonyl (C=O) groups excluding carboxylic acids is 2. The molecule has 6 nitrogen and oxygen atoms in total. The topological polar surface area (TPSA) is 59.1 Å². The molecule has 1 aliphatic rings. The standard InChI is InChI=1S/C12H14N2O4/c1-17-9-11(15)14(10-5-3-2-4-6-10)13-7-8-18-12(13)16/h2-6H,7-9H2,1H3. The first-order valence-corrected chi connectivity index (χ1v) is 5.55. The summed E-state index contributed by atoms with van der Waals surface area (Å²) in [5, 5.41) is 2.56. The Morgan fingerprint density at radius 2 is 2.17 bits per heavy atom. The van der Waals surface area contributed by atoms with Crippen molar-refractivity contribution in [3.63, 3.8) is 0 Å². The van der Waals surface area contributed by atoms with Crippen LogP contribution in [0.2, 0.25) is 0 Å². The molecule has 0 unspecified atom stereocenters. The van der Waals surface area contributed by atoms with Crippen LogP contribution < -0.4 is 5.01 Å². The predicted molar refractivity (Wildman–Crippen MR) is 63.9 cm³/mol. The number of cyclic esters (lactones) is 1. The summed E-state index contributed by atoms with van der Waals surface area (Å²) in [7, 11) is 1.43. The lowest BCUT2D eigenvalue weighted by molar-refractivity contribution is -0.124. The molecule has 0 aromatic heterocycles. The third-order valence-electron chi connectivity index (χ3n) is 2.49. The molecule has 0 atom stereocenters. The molecular formula is C12H14N2O4. The molecule has 1 aromatic rings. The fraction of sp³-hybridized carbons (Fsp3) is 0.333. The van der Waals surface area contributed by atoms with Gasteiger partial charge < -0.3 is 9.47 Å². The number of hydrogen-bond acceptors (Lipinski definition) is 4. The summed E-state index contributed by atoms with van der Waals surface area (Å²) in [6.45, 7) is 0.532. The minimum Gasteiger partial charge on any atom is -0.446 e. The summed E-state index contributed by atoms with van der Waals surface area (Å²) in [5.74, 6) is -0.317. The van der Waals surface area contributed by atoms with E-state index in [9.17, 15) is 9.59 Å². The number of methoxy groups -OCH3 is 1. The molecule has 1 heterocycles. The van der Waals surface area contributed by atoms with E-state index >= 15 is 0 Å². The van der Waals surface area contributed by atoms with Crippen molar-refractivity contribution in [1.29, 1.82) is 0 Å². The number of carbonyl (C=O) groups is 2. The van der Waals surface area contributed by atoms with Gasteiger partial charge in [-0.05, 0) is 12.1 Å². The van der Waals surface area contributed by atoms with E-state index in [4.69, 9.17) is 9.47 Å². The molecule has 2 rings (SSSR count). The van der Waals surface area contributed by atoms with Crippen molar-refractivity contribution >= 4 is 17.7 Å². The molecule has 1 saturated heterocycles. The first-order valence-electron chi connectivity index (χ1n) is 5.55. The molecule has 96 valence electrons. The first-order chi connectivity index (χ1) is 8.74. The fourth-order valence-electron chi connectivity index (χ4n) is 1.74. The van der Waals surface area contributed by atoms with Crippen LogP contribution in [0.25, 0.3) is 0 Å². The lowest BCUT2D eigenvalue weighted by Gasteiger charge is -2.29. The lowest BCUT2D eigenvalue weighted by Crippen LogP contribution is -2.48. The van der Waals surface area contributed by atoms with E-state index in [0.29, 0.717) is 12.2 Å². The quantitative estimate of drug-likeness (QED) is 0.801. The van der Waals surface area contributed by atoms with Gasteiger partial charge >= 0.3 is 6.09 Å². The minimum atomic E-state index is -0.525. The first kappa shape index (κ1) is 12.4. The van der Waals surface area contributed by atoms with Gasteiger partial charge in [-0.3, -0.25) is 4.79 Å². The van der Waals surface area contributed by atoms with Crippen LogP contribution in [0.1, 0.15) is 0 Å². The Labute approximate surface area is 105 Å².